The van der Waals surface area contributed by atoms with Gasteiger partial charge < -0.3 is 4.98 Å². The molecule has 0 radical (unpaired) electrons. The summed E-state index contributed by atoms with van der Waals surface area (Å²) in [5.74, 6) is 0.692. The normalized spacial score (nSPS) is 12.2. The van der Waals surface area contributed by atoms with Crippen LogP contribution in [0.15, 0.2) is 146 Å². The molecule has 0 spiro atoms. The minimum absolute atomic E-state index is 0.0713. The van der Waals surface area contributed by atoms with E-state index in [-0.39, 0.29) is 5.92 Å². The van der Waals surface area contributed by atoms with Gasteiger partial charge in [-0.25, -0.2) is 9.67 Å². The lowest BCUT2D eigenvalue weighted by Gasteiger charge is -2.37. The highest BCUT2D eigenvalue weighted by Crippen LogP contribution is 2.46. The van der Waals surface area contributed by atoms with Crippen molar-refractivity contribution in [3.05, 3.63) is 179 Å². The summed E-state index contributed by atoms with van der Waals surface area (Å²) in [4.78, 5) is 7.53. The number of hydrogen-bond acceptors (Lipinski definition) is 4. The Labute approximate surface area is 261 Å². The number of halogens is 1. The number of benzene rings is 5. The highest BCUT2D eigenvalue weighted by molar-refractivity contribution is 6.31. The zero-order valence-corrected chi connectivity index (χ0v) is 24.8. The van der Waals surface area contributed by atoms with Crippen LogP contribution in [-0.2, 0) is 5.54 Å². The molecule has 1 unspecified atom stereocenters. The summed E-state index contributed by atoms with van der Waals surface area (Å²) in [6.45, 7) is 2.17. The second-order valence-electron chi connectivity index (χ2n) is 10.7. The molecule has 6 nitrogen and oxygen atoms in total. The van der Waals surface area contributed by atoms with Gasteiger partial charge in [-0.15, -0.1) is 5.10 Å². The summed E-state index contributed by atoms with van der Waals surface area (Å²) in [5.41, 5.74) is 7.00. The van der Waals surface area contributed by atoms with Gasteiger partial charge in [-0.2, -0.15) is 0 Å². The van der Waals surface area contributed by atoms with E-state index in [2.05, 4.69) is 82.8 Å². The quantitative estimate of drug-likeness (QED) is 0.180. The number of nitrogens with zero attached hydrogens (tertiary/aromatic N) is 5. The molecule has 2 aromatic heterocycles. The van der Waals surface area contributed by atoms with Crippen LogP contribution in [-0.4, -0.2) is 30.2 Å². The number of nitrogens with one attached hydrogen (secondary N) is 1. The molecule has 0 aliphatic carbocycles. The van der Waals surface area contributed by atoms with E-state index < -0.39 is 5.54 Å². The SMILES string of the molecule is CC(c1ccc(-c2ccccc2)c(-c2nnnn2C(c2ccccc2)(c2ccccc2)c2ccccc2Cl)c1)c1cnc[nH]1. The van der Waals surface area contributed by atoms with Crippen molar-refractivity contribution in [1.82, 2.24) is 30.2 Å². The first-order valence-corrected chi connectivity index (χ1v) is 14.9. The molecule has 44 heavy (non-hydrogen) atoms. The lowest BCUT2D eigenvalue weighted by molar-refractivity contribution is 0.451. The number of tetrazole rings is 1. The van der Waals surface area contributed by atoms with Gasteiger partial charge >= 0.3 is 0 Å². The van der Waals surface area contributed by atoms with Crippen LogP contribution in [0.4, 0.5) is 0 Å². The van der Waals surface area contributed by atoms with E-state index in [1.54, 1.807) is 6.33 Å². The highest BCUT2D eigenvalue weighted by Gasteiger charge is 2.43. The average Bonchev–Trinajstić information content (AvgIpc) is 3.81. The van der Waals surface area contributed by atoms with Crippen molar-refractivity contribution < 1.29 is 0 Å². The molecular formula is C37H29ClN6. The Balaban J connectivity index is 1.56. The van der Waals surface area contributed by atoms with Gasteiger partial charge in [-0.05, 0) is 50.4 Å². The Morgan fingerprint density at radius 3 is 2.00 bits per heavy atom. The van der Waals surface area contributed by atoms with Crippen molar-refractivity contribution in [3.63, 3.8) is 0 Å². The lowest BCUT2D eigenvalue weighted by Crippen LogP contribution is -2.39. The van der Waals surface area contributed by atoms with Gasteiger partial charge in [0, 0.05) is 34.0 Å². The van der Waals surface area contributed by atoms with Crippen molar-refractivity contribution in [2.75, 3.05) is 0 Å². The topological polar surface area (TPSA) is 72.3 Å². The van der Waals surface area contributed by atoms with Crippen LogP contribution in [0.3, 0.4) is 0 Å². The molecule has 5 aromatic carbocycles. The zero-order chi connectivity index (χ0) is 29.9. The minimum Gasteiger partial charge on any atom is -0.348 e. The van der Waals surface area contributed by atoms with E-state index in [0.717, 1.165) is 44.6 Å². The fourth-order valence-corrected chi connectivity index (χ4v) is 6.37. The molecule has 7 rings (SSSR count). The number of aromatic nitrogens is 6. The number of rotatable bonds is 8. The summed E-state index contributed by atoms with van der Waals surface area (Å²) in [6, 6.07) is 45.4. The summed E-state index contributed by atoms with van der Waals surface area (Å²) in [6.07, 6.45) is 3.58. The molecule has 2 heterocycles. The van der Waals surface area contributed by atoms with Gasteiger partial charge in [0.1, 0.15) is 5.54 Å². The fourth-order valence-electron chi connectivity index (χ4n) is 6.10. The summed E-state index contributed by atoms with van der Waals surface area (Å²) in [7, 11) is 0. The van der Waals surface area contributed by atoms with Gasteiger partial charge in [0.2, 0.25) is 0 Å². The molecule has 1 atom stereocenters. The minimum atomic E-state index is -0.987. The van der Waals surface area contributed by atoms with E-state index in [1.165, 1.54) is 0 Å². The van der Waals surface area contributed by atoms with E-state index in [9.17, 15) is 0 Å². The van der Waals surface area contributed by atoms with Crippen LogP contribution in [0, 0.1) is 0 Å². The first kappa shape index (κ1) is 27.5. The van der Waals surface area contributed by atoms with E-state index >= 15 is 0 Å². The van der Waals surface area contributed by atoms with Crippen LogP contribution in [0.25, 0.3) is 22.5 Å². The molecule has 0 amide bonds. The molecule has 0 saturated carbocycles. The molecule has 0 aliphatic heterocycles. The standard InChI is InChI=1S/C37H29ClN6/c1-26(35-24-39-25-40-35)28-21-22-31(27-13-5-2-6-14-27)32(23-28)36-41-42-43-44(36)37(29-15-7-3-8-16-29,30-17-9-4-10-18-30)33-19-11-12-20-34(33)38/h2-26H,1H3,(H,39,40). The monoisotopic (exact) mass is 592 g/mol. The molecule has 0 saturated heterocycles. The maximum absolute atomic E-state index is 7.08. The molecule has 1 N–H and O–H groups in total. The van der Waals surface area contributed by atoms with Crippen molar-refractivity contribution in [3.8, 4) is 22.5 Å². The molecule has 214 valence electrons. The Morgan fingerprint density at radius 1 is 0.727 bits per heavy atom. The van der Waals surface area contributed by atoms with Crippen molar-refractivity contribution in [2.24, 2.45) is 0 Å². The Kier molecular flexibility index (Phi) is 7.34. The van der Waals surface area contributed by atoms with Gasteiger partial charge in [-0.3, -0.25) is 0 Å². The Morgan fingerprint density at radius 2 is 1.36 bits per heavy atom. The summed E-state index contributed by atoms with van der Waals surface area (Å²) >= 11 is 7.08. The van der Waals surface area contributed by atoms with Gasteiger partial charge in [-0.1, -0.05) is 140 Å². The van der Waals surface area contributed by atoms with E-state index in [1.807, 2.05) is 83.7 Å². The van der Waals surface area contributed by atoms with E-state index in [4.69, 9.17) is 21.9 Å². The van der Waals surface area contributed by atoms with Crippen molar-refractivity contribution in [1.29, 1.82) is 0 Å². The third-order valence-electron chi connectivity index (χ3n) is 8.29. The van der Waals surface area contributed by atoms with E-state index in [0.29, 0.717) is 10.8 Å². The largest absolute Gasteiger partial charge is 0.348 e. The highest BCUT2D eigenvalue weighted by atomic mass is 35.5. The smallest absolute Gasteiger partial charge is 0.184 e. The van der Waals surface area contributed by atoms with Crippen LogP contribution in [0.2, 0.25) is 5.02 Å². The molecule has 7 aromatic rings. The molecule has 0 bridgehead atoms. The number of H-pyrrole nitrogens is 1. The van der Waals surface area contributed by atoms with Crippen LogP contribution in [0.5, 0.6) is 0 Å². The first-order valence-electron chi connectivity index (χ1n) is 14.5. The van der Waals surface area contributed by atoms with Crippen LogP contribution < -0.4 is 0 Å². The summed E-state index contributed by atoms with van der Waals surface area (Å²) in [5, 5.41) is 14.5. The number of imidazole rings is 1. The fraction of sp³-hybridized carbons (Fsp3) is 0.0811. The number of aromatic amines is 1. The molecule has 0 fully saturated rings. The van der Waals surface area contributed by atoms with Gasteiger partial charge in [0.25, 0.3) is 0 Å². The van der Waals surface area contributed by atoms with Crippen molar-refractivity contribution in [2.45, 2.75) is 18.4 Å². The second-order valence-corrected chi connectivity index (χ2v) is 11.1. The molecule has 0 aliphatic rings. The third kappa shape index (κ3) is 4.70. The van der Waals surface area contributed by atoms with Crippen molar-refractivity contribution >= 4 is 11.6 Å². The maximum atomic E-state index is 7.08. The predicted molar refractivity (Wildman–Crippen MR) is 174 cm³/mol. The summed E-state index contributed by atoms with van der Waals surface area (Å²) < 4.78 is 1.94. The molecular weight excluding hydrogens is 564 g/mol. The first-order chi connectivity index (χ1) is 21.7. The second kappa shape index (κ2) is 11.7. The lowest BCUT2D eigenvalue weighted by atomic mass is 9.76. The zero-order valence-electron chi connectivity index (χ0n) is 24.0. The molecule has 7 heteroatoms. The average molecular weight is 593 g/mol. The Hall–Kier alpha value is -5.33. The van der Waals surface area contributed by atoms with Crippen LogP contribution in [0.1, 0.15) is 40.8 Å². The predicted octanol–water partition coefficient (Wildman–Crippen LogP) is 8.38. The third-order valence-corrected chi connectivity index (χ3v) is 8.62. The Bertz CT molecular complexity index is 1950. The van der Waals surface area contributed by atoms with Crippen LogP contribution >= 0.6 is 11.6 Å². The maximum Gasteiger partial charge on any atom is 0.184 e. The van der Waals surface area contributed by atoms with Gasteiger partial charge in [0.05, 0.1) is 6.33 Å². The van der Waals surface area contributed by atoms with Gasteiger partial charge in [0.15, 0.2) is 5.82 Å². The number of hydrogen-bond donors (Lipinski definition) is 1.